The highest BCUT2D eigenvalue weighted by atomic mass is 32.1. The van der Waals surface area contributed by atoms with Crippen LogP contribution in [-0.2, 0) is 11.5 Å². The standard InChI is InChI=1S/C6H14N2OS/c1-5(2)8(6(3)4)7-10-9/h5-6H,1-4H3. The van der Waals surface area contributed by atoms with Crippen molar-refractivity contribution in [1.29, 1.82) is 0 Å². The summed E-state index contributed by atoms with van der Waals surface area (Å²) < 4.78 is 13.8. The molecular formula is C6H14N2OS. The van der Waals surface area contributed by atoms with Gasteiger partial charge in [-0.05, 0) is 27.7 Å². The molecule has 0 saturated heterocycles. The number of nitrogens with zero attached hydrogens (tertiary/aromatic N) is 2. The van der Waals surface area contributed by atoms with Gasteiger partial charge in [0.2, 0.25) is 11.5 Å². The number of rotatable bonds is 3. The maximum Gasteiger partial charge on any atom is 0.217 e. The van der Waals surface area contributed by atoms with Gasteiger partial charge < -0.3 is 0 Å². The van der Waals surface area contributed by atoms with Crippen molar-refractivity contribution in [2.75, 3.05) is 0 Å². The van der Waals surface area contributed by atoms with Crippen LogP contribution in [0.15, 0.2) is 4.47 Å². The molecule has 0 spiro atoms. The molecule has 0 bridgehead atoms. The summed E-state index contributed by atoms with van der Waals surface area (Å²) in [6.45, 7) is 8.05. The Morgan fingerprint density at radius 2 is 1.60 bits per heavy atom. The van der Waals surface area contributed by atoms with Crippen LogP contribution in [0.1, 0.15) is 27.7 Å². The van der Waals surface area contributed by atoms with Crippen molar-refractivity contribution >= 4 is 11.5 Å². The minimum absolute atomic E-state index is 0.267. The second-order valence-corrected chi connectivity index (χ2v) is 3.04. The third kappa shape index (κ3) is 3.08. The normalized spacial score (nSPS) is 11.1. The lowest BCUT2D eigenvalue weighted by Crippen LogP contribution is -2.31. The average Bonchev–Trinajstić information content (AvgIpc) is 1.81. The predicted octanol–water partition coefficient (Wildman–Crippen LogP) is 1.42. The summed E-state index contributed by atoms with van der Waals surface area (Å²) in [5, 5.41) is 1.79. The largest absolute Gasteiger partial charge is 0.217 e. The highest BCUT2D eigenvalue weighted by Crippen LogP contribution is 2.03. The van der Waals surface area contributed by atoms with Crippen LogP contribution in [0, 0.1) is 0 Å². The summed E-state index contributed by atoms with van der Waals surface area (Å²) in [7, 11) is 0. The second-order valence-electron chi connectivity index (χ2n) is 2.72. The third-order valence-electron chi connectivity index (χ3n) is 1.19. The molecule has 0 radical (unpaired) electrons. The highest BCUT2D eigenvalue weighted by molar-refractivity contribution is 7.54. The van der Waals surface area contributed by atoms with Gasteiger partial charge in [-0.25, -0.2) is 0 Å². The summed E-state index contributed by atoms with van der Waals surface area (Å²) in [5.41, 5.74) is 0. The van der Waals surface area contributed by atoms with E-state index in [1.807, 2.05) is 27.7 Å². The monoisotopic (exact) mass is 162 g/mol. The molecule has 0 rings (SSSR count). The van der Waals surface area contributed by atoms with E-state index >= 15 is 0 Å². The van der Waals surface area contributed by atoms with Gasteiger partial charge in [0.15, 0.2) is 0 Å². The first-order valence-electron chi connectivity index (χ1n) is 3.38. The quantitative estimate of drug-likeness (QED) is 0.588. The van der Waals surface area contributed by atoms with E-state index < -0.39 is 0 Å². The summed E-state index contributed by atoms with van der Waals surface area (Å²) in [6, 6.07) is 0.614. The van der Waals surface area contributed by atoms with Gasteiger partial charge in [0.25, 0.3) is 0 Å². The summed E-state index contributed by atoms with van der Waals surface area (Å²) >= 11 is 0.267. The molecule has 0 atom stereocenters. The third-order valence-corrected chi connectivity index (χ3v) is 1.44. The summed E-state index contributed by atoms with van der Waals surface area (Å²) in [4.78, 5) is 0. The zero-order chi connectivity index (χ0) is 8.15. The lowest BCUT2D eigenvalue weighted by molar-refractivity contribution is 0.188. The van der Waals surface area contributed by atoms with Gasteiger partial charge in [-0.2, -0.15) is 9.22 Å². The Balaban J connectivity index is 4.11. The predicted molar refractivity (Wildman–Crippen MR) is 42.7 cm³/mol. The molecule has 0 N–H and O–H groups in total. The molecule has 0 heterocycles. The Labute approximate surface area is 65.6 Å². The van der Waals surface area contributed by atoms with Crippen molar-refractivity contribution in [3.8, 4) is 0 Å². The Bertz CT molecular complexity index is 133. The van der Waals surface area contributed by atoms with Crippen LogP contribution in [0.25, 0.3) is 0 Å². The van der Waals surface area contributed by atoms with E-state index in [0.717, 1.165) is 0 Å². The van der Waals surface area contributed by atoms with Gasteiger partial charge in [-0.3, -0.25) is 0 Å². The fourth-order valence-electron chi connectivity index (χ4n) is 0.823. The van der Waals surface area contributed by atoms with Crippen molar-refractivity contribution in [3.63, 3.8) is 0 Å². The van der Waals surface area contributed by atoms with Gasteiger partial charge in [0, 0.05) is 12.1 Å². The maximum atomic E-state index is 10.1. The Hall–Kier alpha value is -0.220. The topological polar surface area (TPSA) is 32.7 Å². The SMILES string of the molecule is CC(C)N(N=S=O)C(C)C. The van der Waals surface area contributed by atoms with Crippen LogP contribution in [0.5, 0.6) is 0 Å². The van der Waals surface area contributed by atoms with Crippen molar-refractivity contribution < 1.29 is 4.21 Å². The molecule has 0 aliphatic heterocycles. The fourth-order valence-corrected chi connectivity index (χ4v) is 1.28. The van der Waals surface area contributed by atoms with Gasteiger partial charge in [0.1, 0.15) is 0 Å². The summed E-state index contributed by atoms with van der Waals surface area (Å²) in [5.74, 6) is 0. The van der Waals surface area contributed by atoms with E-state index in [1.54, 1.807) is 5.01 Å². The molecule has 0 aromatic carbocycles. The molecule has 60 valence electrons. The van der Waals surface area contributed by atoms with Crippen molar-refractivity contribution in [2.24, 2.45) is 4.47 Å². The minimum Gasteiger partial charge on any atom is -0.190 e. The molecule has 3 nitrogen and oxygen atoms in total. The maximum absolute atomic E-state index is 10.1. The summed E-state index contributed by atoms with van der Waals surface area (Å²) in [6.07, 6.45) is 0. The van der Waals surface area contributed by atoms with E-state index in [1.165, 1.54) is 0 Å². The molecule has 0 aromatic rings. The highest BCUT2D eigenvalue weighted by Gasteiger charge is 2.10. The van der Waals surface area contributed by atoms with Crippen LogP contribution in [-0.4, -0.2) is 21.3 Å². The Kier molecular flexibility index (Phi) is 4.47. The van der Waals surface area contributed by atoms with E-state index in [0.29, 0.717) is 12.1 Å². The zero-order valence-corrected chi connectivity index (χ0v) is 7.68. The molecule has 0 saturated carbocycles. The lowest BCUT2D eigenvalue weighted by atomic mass is 10.3. The first-order valence-corrected chi connectivity index (χ1v) is 4.07. The van der Waals surface area contributed by atoms with Crippen LogP contribution in [0.4, 0.5) is 0 Å². The van der Waals surface area contributed by atoms with Crippen LogP contribution in [0.3, 0.4) is 0 Å². The first kappa shape index (κ1) is 9.78. The molecule has 0 amide bonds. The van der Waals surface area contributed by atoms with E-state index in [-0.39, 0.29) is 11.5 Å². The van der Waals surface area contributed by atoms with Crippen molar-refractivity contribution in [1.82, 2.24) is 5.01 Å². The molecule has 0 fully saturated rings. The molecular weight excluding hydrogens is 148 g/mol. The van der Waals surface area contributed by atoms with E-state index in [4.69, 9.17) is 0 Å². The first-order chi connectivity index (χ1) is 4.59. The minimum atomic E-state index is 0.267. The average molecular weight is 162 g/mol. The van der Waals surface area contributed by atoms with Gasteiger partial charge >= 0.3 is 0 Å². The molecule has 0 aromatic heterocycles. The number of hydrogen-bond acceptors (Lipinski definition) is 2. The van der Waals surface area contributed by atoms with Crippen LogP contribution < -0.4 is 0 Å². The number of hydrogen-bond donors (Lipinski definition) is 0. The molecule has 10 heavy (non-hydrogen) atoms. The Morgan fingerprint density at radius 3 is 1.70 bits per heavy atom. The molecule has 0 aliphatic carbocycles. The van der Waals surface area contributed by atoms with Crippen molar-refractivity contribution in [3.05, 3.63) is 0 Å². The molecule has 0 aliphatic rings. The van der Waals surface area contributed by atoms with Gasteiger partial charge in [-0.15, -0.1) is 4.47 Å². The van der Waals surface area contributed by atoms with Crippen LogP contribution in [0.2, 0.25) is 0 Å². The van der Waals surface area contributed by atoms with E-state index in [9.17, 15) is 4.21 Å². The van der Waals surface area contributed by atoms with Crippen molar-refractivity contribution in [2.45, 2.75) is 39.8 Å². The van der Waals surface area contributed by atoms with Gasteiger partial charge in [-0.1, -0.05) is 0 Å². The van der Waals surface area contributed by atoms with Gasteiger partial charge in [0.05, 0.1) is 0 Å². The van der Waals surface area contributed by atoms with E-state index in [2.05, 4.69) is 4.47 Å². The fraction of sp³-hybridized carbons (Fsp3) is 1.00. The molecule has 4 heteroatoms. The smallest absolute Gasteiger partial charge is 0.190 e. The van der Waals surface area contributed by atoms with Crippen LogP contribution >= 0.6 is 0 Å². The Morgan fingerprint density at radius 1 is 1.20 bits per heavy atom. The lowest BCUT2D eigenvalue weighted by Gasteiger charge is -2.22. The zero-order valence-electron chi connectivity index (χ0n) is 6.87. The molecule has 0 unspecified atom stereocenters. The second kappa shape index (κ2) is 4.57.